The van der Waals surface area contributed by atoms with Gasteiger partial charge in [0.05, 0.1) is 20.3 Å². The van der Waals surface area contributed by atoms with Crippen molar-refractivity contribution >= 4 is 5.78 Å². The molecule has 0 aliphatic rings. The average molecular weight is 300 g/mol. The van der Waals surface area contributed by atoms with Gasteiger partial charge < -0.3 is 14.2 Å². The number of methoxy groups -OCH3 is 1. The second kappa shape index (κ2) is 8.08. The van der Waals surface area contributed by atoms with Gasteiger partial charge in [-0.1, -0.05) is 18.2 Å². The minimum absolute atomic E-state index is 0.0000796. The van der Waals surface area contributed by atoms with Crippen LogP contribution in [-0.4, -0.2) is 26.1 Å². The van der Waals surface area contributed by atoms with Crippen LogP contribution in [-0.2, 0) is 0 Å². The normalized spacial score (nSPS) is 10.1. The van der Waals surface area contributed by atoms with E-state index >= 15 is 0 Å². The zero-order chi connectivity index (χ0) is 15.8. The van der Waals surface area contributed by atoms with Crippen molar-refractivity contribution < 1.29 is 19.0 Å². The lowest BCUT2D eigenvalue weighted by Crippen LogP contribution is -2.06. The number of Topliss-reactive ketones (excluding diaryl/α,β-unsaturated/α-hetero) is 1. The fraction of sp³-hybridized carbons (Fsp3) is 0.278. The van der Waals surface area contributed by atoms with E-state index in [-0.39, 0.29) is 5.78 Å². The Kier molecular flexibility index (Phi) is 5.83. The third-order valence-electron chi connectivity index (χ3n) is 3.13. The van der Waals surface area contributed by atoms with Gasteiger partial charge in [-0.15, -0.1) is 0 Å². The first kappa shape index (κ1) is 15.9. The maximum absolute atomic E-state index is 11.4. The average Bonchev–Trinajstić information content (AvgIpc) is 2.55. The zero-order valence-corrected chi connectivity index (χ0v) is 12.9. The zero-order valence-electron chi connectivity index (χ0n) is 12.9. The predicted molar refractivity (Wildman–Crippen MR) is 85.0 cm³/mol. The van der Waals surface area contributed by atoms with Crippen molar-refractivity contribution in [1.29, 1.82) is 0 Å². The van der Waals surface area contributed by atoms with Gasteiger partial charge in [0.15, 0.2) is 17.3 Å². The molecule has 0 radical (unpaired) electrons. The lowest BCUT2D eigenvalue weighted by atomic mass is 10.1. The molecule has 0 heterocycles. The molecule has 22 heavy (non-hydrogen) atoms. The Balaban J connectivity index is 1.83. The highest BCUT2D eigenvalue weighted by Gasteiger charge is 2.08. The molecule has 4 heteroatoms. The molecule has 0 N–H and O–H groups in total. The van der Waals surface area contributed by atoms with Crippen molar-refractivity contribution in [1.82, 2.24) is 0 Å². The quantitative estimate of drug-likeness (QED) is 0.550. The van der Waals surface area contributed by atoms with Gasteiger partial charge >= 0.3 is 0 Å². The predicted octanol–water partition coefficient (Wildman–Crippen LogP) is 3.75. The monoisotopic (exact) mass is 300 g/mol. The molecular formula is C18H20O4. The second-order valence-electron chi connectivity index (χ2n) is 4.79. The number of para-hydroxylation sites is 1. The van der Waals surface area contributed by atoms with Crippen LogP contribution in [0.5, 0.6) is 17.2 Å². The number of rotatable bonds is 8. The lowest BCUT2D eigenvalue weighted by Gasteiger charge is -2.12. The van der Waals surface area contributed by atoms with E-state index in [1.807, 2.05) is 30.3 Å². The maximum atomic E-state index is 11.4. The summed E-state index contributed by atoms with van der Waals surface area (Å²) in [7, 11) is 1.58. The topological polar surface area (TPSA) is 44.8 Å². The molecule has 2 aromatic carbocycles. The lowest BCUT2D eigenvalue weighted by molar-refractivity contribution is 0.101. The van der Waals surface area contributed by atoms with Crippen LogP contribution in [0.4, 0.5) is 0 Å². The first-order valence-corrected chi connectivity index (χ1v) is 7.20. The van der Waals surface area contributed by atoms with Crippen molar-refractivity contribution in [3.63, 3.8) is 0 Å². The maximum Gasteiger partial charge on any atom is 0.161 e. The molecule has 116 valence electrons. The standard InChI is InChI=1S/C18H20O4/c1-14(19)15-9-10-17(20-2)18(13-15)22-12-6-11-21-16-7-4-3-5-8-16/h3-5,7-10,13H,6,11-12H2,1-2H3. The first-order chi connectivity index (χ1) is 10.7. The Labute approximate surface area is 130 Å². The van der Waals surface area contributed by atoms with Crippen LogP contribution < -0.4 is 14.2 Å². The number of hydrogen-bond donors (Lipinski definition) is 0. The van der Waals surface area contributed by atoms with E-state index in [4.69, 9.17) is 14.2 Å². The van der Waals surface area contributed by atoms with E-state index < -0.39 is 0 Å². The SMILES string of the molecule is COc1ccc(C(C)=O)cc1OCCCOc1ccccc1. The van der Waals surface area contributed by atoms with Crippen molar-refractivity contribution in [2.24, 2.45) is 0 Å². The molecule has 0 amide bonds. The number of carbonyl (C=O) groups excluding carboxylic acids is 1. The van der Waals surface area contributed by atoms with Crippen LogP contribution in [0, 0.1) is 0 Å². The summed E-state index contributed by atoms with van der Waals surface area (Å²) in [6, 6.07) is 14.8. The summed E-state index contributed by atoms with van der Waals surface area (Å²) in [5.74, 6) is 2.04. The van der Waals surface area contributed by atoms with E-state index in [1.165, 1.54) is 6.92 Å². The van der Waals surface area contributed by atoms with Crippen LogP contribution in [0.2, 0.25) is 0 Å². The summed E-state index contributed by atoms with van der Waals surface area (Å²) < 4.78 is 16.5. The third-order valence-corrected chi connectivity index (χ3v) is 3.13. The highest BCUT2D eigenvalue weighted by molar-refractivity contribution is 5.94. The van der Waals surface area contributed by atoms with E-state index in [1.54, 1.807) is 25.3 Å². The van der Waals surface area contributed by atoms with Gasteiger partial charge in [-0.3, -0.25) is 4.79 Å². The van der Waals surface area contributed by atoms with Crippen molar-refractivity contribution in [2.75, 3.05) is 20.3 Å². The second-order valence-corrected chi connectivity index (χ2v) is 4.79. The van der Waals surface area contributed by atoms with Crippen molar-refractivity contribution in [3.05, 3.63) is 54.1 Å². The Morgan fingerprint density at radius 3 is 2.36 bits per heavy atom. The molecule has 0 saturated heterocycles. The van der Waals surface area contributed by atoms with Crippen LogP contribution in [0.3, 0.4) is 0 Å². The molecule has 0 aliphatic heterocycles. The summed E-state index contributed by atoms with van der Waals surface area (Å²) in [5, 5.41) is 0. The molecule has 0 saturated carbocycles. The molecule has 0 aromatic heterocycles. The van der Waals surface area contributed by atoms with E-state index in [2.05, 4.69) is 0 Å². The van der Waals surface area contributed by atoms with Gasteiger partial charge in [-0.25, -0.2) is 0 Å². The number of hydrogen-bond acceptors (Lipinski definition) is 4. The number of carbonyl (C=O) groups is 1. The number of benzene rings is 2. The van der Waals surface area contributed by atoms with Crippen LogP contribution >= 0.6 is 0 Å². The number of ketones is 1. The first-order valence-electron chi connectivity index (χ1n) is 7.20. The summed E-state index contributed by atoms with van der Waals surface area (Å²) in [6.07, 6.45) is 0.738. The molecular weight excluding hydrogens is 280 g/mol. The summed E-state index contributed by atoms with van der Waals surface area (Å²) in [6.45, 7) is 2.59. The molecule has 0 atom stereocenters. The van der Waals surface area contributed by atoms with E-state index in [0.717, 1.165) is 12.2 Å². The summed E-state index contributed by atoms with van der Waals surface area (Å²) in [4.78, 5) is 11.4. The third kappa shape index (κ3) is 4.52. The minimum atomic E-state index is -0.0000796. The van der Waals surface area contributed by atoms with Crippen LogP contribution in [0.25, 0.3) is 0 Å². The molecule has 0 unspecified atom stereocenters. The van der Waals surface area contributed by atoms with Gasteiger partial charge in [-0.2, -0.15) is 0 Å². The van der Waals surface area contributed by atoms with Gasteiger partial charge in [-0.05, 0) is 37.3 Å². The van der Waals surface area contributed by atoms with Gasteiger partial charge in [0, 0.05) is 12.0 Å². The Morgan fingerprint density at radius 1 is 0.955 bits per heavy atom. The molecule has 2 aromatic rings. The Morgan fingerprint density at radius 2 is 1.68 bits per heavy atom. The van der Waals surface area contributed by atoms with Crippen LogP contribution in [0.15, 0.2) is 48.5 Å². The molecule has 4 nitrogen and oxygen atoms in total. The largest absolute Gasteiger partial charge is 0.493 e. The fourth-order valence-corrected chi connectivity index (χ4v) is 1.96. The van der Waals surface area contributed by atoms with Crippen molar-refractivity contribution in [3.8, 4) is 17.2 Å². The summed E-state index contributed by atoms with van der Waals surface area (Å²) in [5.41, 5.74) is 0.608. The van der Waals surface area contributed by atoms with Gasteiger partial charge in [0.25, 0.3) is 0 Å². The molecule has 0 fully saturated rings. The van der Waals surface area contributed by atoms with Gasteiger partial charge in [0.2, 0.25) is 0 Å². The fourth-order valence-electron chi connectivity index (χ4n) is 1.96. The molecule has 2 rings (SSSR count). The van der Waals surface area contributed by atoms with E-state index in [0.29, 0.717) is 30.3 Å². The highest BCUT2D eigenvalue weighted by Crippen LogP contribution is 2.28. The smallest absolute Gasteiger partial charge is 0.161 e. The molecule has 0 bridgehead atoms. The Hall–Kier alpha value is -2.49. The Bertz CT molecular complexity index is 608. The molecule has 0 spiro atoms. The number of ether oxygens (including phenoxy) is 3. The summed E-state index contributed by atoms with van der Waals surface area (Å²) >= 11 is 0. The molecule has 0 aliphatic carbocycles. The minimum Gasteiger partial charge on any atom is -0.493 e. The van der Waals surface area contributed by atoms with Crippen LogP contribution in [0.1, 0.15) is 23.7 Å². The van der Waals surface area contributed by atoms with Crippen molar-refractivity contribution in [2.45, 2.75) is 13.3 Å². The van der Waals surface area contributed by atoms with Gasteiger partial charge in [0.1, 0.15) is 5.75 Å². The highest BCUT2D eigenvalue weighted by atomic mass is 16.5. The van der Waals surface area contributed by atoms with E-state index in [9.17, 15) is 4.79 Å².